The molecule has 0 bridgehead atoms. The second-order valence-electron chi connectivity index (χ2n) is 17.3. The summed E-state index contributed by atoms with van der Waals surface area (Å²) in [7, 11) is 0. The number of hydrogen-bond donors (Lipinski definition) is 3. The third-order valence-corrected chi connectivity index (χ3v) is 14.0. The van der Waals surface area contributed by atoms with Crippen LogP contribution in [0.15, 0.2) is 30.3 Å². The van der Waals surface area contributed by atoms with Crippen molar-refractivity contribution >= 4 is 51.9 Å². The molecule has 6 atom stereocenters. The minimum absolute atomic E-state index is 0.0748. The maximum atomic E-state index is 13.9. The summed E-state index contributed by atoms with van der Waals surface area (Å²) in [5.74, 6) is -0.899. The van der Waals surface area contributed by atoms with Crippen molar-refractivity contribution in [3.05, 3.63) is 35.3 Å². The molecule has 330 valence electrons. The number of hydrogen-bond acceptors (Lipinski definition) is 8. The van der Waals surface area contributed by atoms with E-state index in [0.717, 1.165) is 86.9 Å². The molecule has 3 heterocycles. The van der Waals surface area contributed by atoms with Gasteiger partial charge in [0.1, 0.15) is 34.9 Å². The van der Waals surface area contributed by atoms with E-state index in [1.807, 2.05) is 65.0 Å². The highest BCUT2D eigenvalue weighted by Crippen LogP contribution is 2.35. The number of nitrogens with zero attached hydrogens (tertiary/aromatic N) is 3. The Balaban J connectivity index is 0.000000247. The molecular formula is C46H67FN6O6S. The lowest BCUT2D eigenvalue weighted by atomic mass is 9.83. The molecule has 2 aromatic rings. The Bertz CT molecular complexity index is 1780. The van der Waals surface area contributed by atoms with Crippen molar-refractivity contribution in [3.8, 4) is 11.3 Å². The number of aryl methyl sites for hydroxylation is 1. The normalized spacial score (nSPS) is 21.8. The Labute approximate surface area is 359 Å². The first-order valence-electron chi connectivity index (χ1n) is 22.6. The molecule has 1 aromatic carbocycles. The molecule has 3 N–H and O–H groups in total. The first kappa shape index (κ1) is 46.9. The Morgan fingerprint density at radius 1 is 0.700 bits per heavy atom. The third-order valence-electron chi connectivity index (χ3n) is 13.1. The SMILES string of the molecule is CC[C@@H](C)C(=O)N[C@H](C(=O)N1CCC[C@H]1C(=O)F)C1CCCCC1.CC[C@@H](C)C(=O)N[C@H](C(=O)N1CCC[C@H]1C(=O)Nc1sc(C)nc1-c1ccccc1)C1CCCCC1. The zero-order chi connectivity index (χ0) is 43.3. The number of anilines is 1. The van der Waals surface area contributed by atoms with E-state index in [1.54, 1.807) is 4.90 Å². The predicted molar refractivity (Wildman–Crippen MR) is 232 cm³/mol. The van der Waals surface area contributed by atoms with Gasteiger partial charge in [0, 0.05) is 30.5 Å². The standard InChI is InChI=1S/C28H38N4O3S.C18H29FN2O3/c1-4-18(2)25(33)30-24(21-14-9-6-10-15-21)28(35)32-17-11-16-22(32)26(34)31-27-23(29-19(3)36-27)20-12-7-5-8-13-20;1-3-12(2)17(23)20-15(13-8-5-4-6-9-13)18(24)21-11-7-10-14(21)16(19)22/h5,7-8,12-13,18,21-22,24H,4,6,9-11,14-17H2,1-3H3,(H,30,33)(H,31,34);12-15H,3-11H2,1-2H3,(H,20,23)/t18-,22+,24+;12-,14+,15+/m11/s1. The van der Waals surface area contributed by atoms with Gasteiger partial charge < -0.3 is 25.8 Å². The number of likely N-dealkylation sites (tertiary alicyclic amines) is 2. The fraction of sp³-hybridized carbons (Fsp3) is 0.674. The monoisotopic (exact) mass is 850 g/mol. The van der Waals surface area contributed by atoms with Crippen molar-refractivity contribution in [3.63, 3.8) is 0 Å². The molecule has 0 spiro atoms. The summed E-state index contributed by atoms with van der Waals surface area (Å²) in [4.78, 5) is 84.4. The second-order valence-corrected chi connectivity index (χ2v) is 18.5. The van der Waals surface area contributed by atoms with Gasteiger partial charge in [0.2, 0.25) is 29.5 Å². The highest BCUT2D eigenvalue weighted by molar-refractivity contribution is 7.16. The Morgan fingerprint density at radius 2 is 1.17 bits per heavy atom. The largest absolute Gasteiger partial charge is 0.344 e. The summed E-state index contributed by atoms with van der Waals surface area (Å²) in [5, 5.41) is 10.7. The number of carbonyl (C=O) groups excluding carboxylic acids is 6. The van der Waals surface area contributed by atoms with Gasteiger partial charge in [-0.3, -0.25) is 28.8 Å². The molecule has 2 aliphatic heterocycles. The van der Waals surface area contributed by atoms with E-state index in [4.69, 9.17) is 0 Å². The van der Waals surface area contributed by atoms with E-state index in [1.165, 1.54) is 22.7 Å². The third kappa shape index (κ3) is 12.0. The average molecular weight is 851 g/mol. The highest BCUT2D eigenvalue weighted by Gasteiger charge is 2.43. The van der Waals surface area contributed by atoms with E-state index in [-0.39, 0.29) is 53.2 Å². The first-order chi connectivity index (χ1) is 28.8. The minimum atomic E-state index is -1.45. The number of rotatable bonds is 14. The van der Waals surface area contributed by atoms with Gasteiger partial charge in [-0.1, -0.05) is 96.6 Å². The van der Waals surface area contributed by atoms with Crippen molar-refractivity contribution in [1.29, 1.82) is 0 Å². The van der Waals surface area contributed by atoms with Gasteiger partial charge in [-0.2, -0.15) is 4.39 Å². The average Bonchev–Trinajstić information content (AvgIpc) is 4.05. The number of amides is 5. The Kier molecular flexibility index (Phi) is 17.6. The maximum Gasteiger partial charge on any atom is 0.323 e. The molecule has 5 amide bonds. The summed E-state index contributed by atoms with van der Waals surface area (Å²) < 4.78 is 13.2. The van der Waals surface area contributed by atoms with Crippen LogP contribution in [0.3, 0.4) is 0 Å². The van der Waals surface area contributed by atoms with Crippen LogP contribution in [0, 0.1) is 30.6 Å². The van der Waals surface area contributed by atoms with Gasteiger partial charge in [0.05, 0.1) is 5.01 Å². The fourth-order valence-electron chi connectivity index (χ4n) is 9.08. The summed E-state index contributed by atoms with van der Waals surface area (Å²) >= 11 is 1.45. The fourth-order valence-corrected chi connectivity index (χ4v) is 9.93. The Morgan fingerprint density at radius 3 is 1.63 bits per heavy atom. The molecule has 0 radical (unpaired) electrons. The van der Waals surface area contributed by atoms with E-state index < -0.39 is 30.2 Å². The number of aromatic nitrogens is 1. The summed E-state index contributed by atoms with van der Waals surface area (Å²) in [5.41, 5.74) is 1.70. The van der Waals surface area contributed by atoms with E-state index in [9.17, 15) is 33.2 Å². The van der Waals surface area contributed by atoms with Gasteiger partial charge in [-0.15, -0.1) is 11.3 Å². The molecule has 60 heavy (non-hydrogen) atoms. The van der Waals surface area contributed by atoms with Gasteiger partial charge >= 0.3 is 6.04 Å². The summed E-state index contributed by atoms with van der Waals surface area (Å²) in [6, 6.07) is 5.64. The van der Waals surface area contributed by atoms with Crippen LogP contribution >= 0.6 is 11.3 Å². The van der Waals surface area contributed by atoms with Crippen LogP contribution in [0.5, 0.6) is 0 Å². The van der Waals surface area contributed by atoms with E-state index >= 15 is 0 Å². The van der Waals surface area contributed by atoms with Crippen LogP contribution in [0.2, 0.25) is 0 Å². The molecule has 12 nitrogen and oxygen atoms in total. The number of thiazole rings is 1. The summed E-state index contributed by atoms with van der Waals surface area (Å²) in [6.07, 6.45) is 14.0. The lowest BCUT2D eigenvalue weighted by Gasteiger charge is -2.35. The molecule has 6 rings (SSSR count). The number of benzene rings is 1. The van der Waals surface area contributed by atoms with Gasteiger partial charge in [-0.25, -0.2) is 4.98 Å². The van der Waals surface area contributed by atoms with Crippen LogP contribution < -0.4 is 16.0 Å². The molecule has 2 saturated carbocycles. The van der Waals surface area contributed by atoms with Crippen LogP contribution in [-0.2, 0) is 28.8 Å². The first-order valence-corrected chi connectivity index (χ1v) is 23.4. The lowest BCUT2D eigenvalue weighted by Crippen LogP contribution is -2.56. The van der Waals surface area contributed by atoms with Crippen LogP contribution in [0.4, 0.5) is 9.39 Å². The quantitative estimate of drug-likeness (QED) is 0.164. The molecule has 14 heteroatoms. The number of halogens is 1. The van der Waals surface area contributed by atoms with Crippen LogP contribution in [0.1, 0.15) is 135 Å². The molecular weight excluding hydrogens is 784 g/mol. The van der Waals surface area contributed by atoms with Crippen molar-refractivity contribution in [2.24, 2.45) is 23.7 Å². The van der Waals surface area contributed by atoms with Crippen molar-refractivity contribution in [1.82, 2.24) is 25.4 Å². The van der Waals surface area contributed by atoms with Crippen molar-refractivity contribution < 1.29 is 33.2 Å². The molecule has 2 aliphatic carbocycles. The topological polar surface area (TPSA) is 158 Å². The highest BCUT2D eigenvalue weighted by atomic mass is 32.1. The molecule has 2 saturated heterocycles. The maximum absolute atomic E-state index is 13.9. The van der Waals surface area contributed by atoms with Crippen LogP contribution in [-0.4, -0.2) is 87.6 Å². The number of carbonyl (C=O) groups is 6. The van der Waals surface area contributed by atoms with Gasteiger partial charge in [0.15, 0.2) is 0 Å². The Hall–Kier alpha value is -4.20. The minimum Gasteiger partial charge on any atom is -0.344 e. The number of nitrogens with one attached hydrogen (secondary N) is 3. The zero-order valence-electron chi connectivity index (χ0n) is 36.3. The molecule has 0 unspecified atom stereocenters. The van der Waals surface area contributed by atoms with Crippen LogP contribution in [0.25, 0.3) is 11.3 Å². The molecule has 4 fully saturated rings. The smallest absolute Gasteiger partial charge is 0.323 e. The van der Waals surface area contributed by atoms with Crippen molar-refractivity contribution in [2.45, 2.75) is 162 Å². The zero-order valence-corrected chi connectivity index (χ0v) is 37.1. The predicted octanol–water partition coefficient (Wildman–Crippen LogP) is 7.74. The van der Waals surface area contributed by atoms with Gasteiger partial charge in [-0.05, 0) is 83.0 Å². The summed E-state index contributed by atoms with van der Waals surface area (Å²) in [6.45, 7) is 10.5. The van der Waals surface area contributed by atoms with E-state index in [0.29, 0.717) is 43.8 Å². The van der Waals surface area contributed by atoms with E-state index in [2.05, 4.69) is 20.9 Å². The molecule has 1 aromatic heterocycles. The lowest BCUT2D eigenvalue weighted by molar-refractivity contribution is -0.146. The van der Waals surface area contributed by atoms with Crippen molar-refractivity contribution in [2.75, 3.05) is 18.4 Å². The molecule has 4 aliphatic rings. The second kappa shape index (κ2) is 22.6. The van der Waals surface area contributed by atoms with Gasteiger partial charge in [0.25, 0.3) is 0 Å².